The monoisotopic (exact) mass is 515 g/mol. The van der Waals surface area contributed by atoms with Gasteiger partial charge < -0.3 is 25.4 Å². The molecule has 0 saturated heterocycles. The number of carbonyl (C=O) groups excluding carboxylic acids is 1. The number of pyridine rings is 1. The van der Waals surface area contributed by atoms with Gasteiger partial charge in [0.25, 0.3) is 11.8 Å². The van der Waals surface area contributed by atoms with E-state index >= 15 is 0 Å². The zero-order valence-electron chi connectivity index (χ0n) is 18.3. The third kappa shape index (κ3) is 6.24. The molecule has 1 atom stereocenters. The molecule has 0 aliphatic rings. The summed E-state index contributed by atoms with van der Waals surface area (Å²) in [6.07, 6.45) is -3.93. The van der Waals surface area contributed by atoms with Crippen LogP contribution in [0, 0.1) is 5.92 Å². The van der Waals surface area contributed by atoms with E-state index in [1.165, 1.54) is 0 Å². The summed E-state index contributed by atoms with van der Waals surface area (Å²) in [6, 6.07) is 3.91. The molecule has 0 fully saturated rings. The number of aromatic nitrogens is 3. The average Bonchev–Trinajstić information content (AvgIpc) is 3.24. The molecule has 0 aliphatic heterocycles. The molecular weight excluding hydrogens is 495 g/mol. The third-order valence-electron chi connectivity index (χ3n) is 4.57. The second-order valence-corrected chi connectivity index (χ2v) is 9.46. The van der Waals surface area contributed by atoms with E-state index in [1.54, 1.807) is 13.8 Å². The lowest BCUT2D eigenvalue weighted by molar-refractivity contribution is -0.274. The molecule has 2 heterocycles. The van der Waals surface area contributed by atoms with Gasteiger partial charge >= 0.3 is 12.3 Å². The number of hydrogen-bond donors (Lipinski definition) is 2. The zero-order valence-corrected chi connectivity index (χ0v) is 19.1. The van der Waals surface area contributed by atoms with Gasteiger partial charge in [-0.3, -0.25) is 4.79 Å². The minimum absolute atomic E-state index is 0.0261. The number of ether oxygens (including phenoxy) is 2. The van der Waals surface area contributed by atoms with E-state index in [4.69, 9.17) is 20.6 Å². The van der Waals surface area contributed by atoms with E-state index in [-0.39, 0.29) is 45.5 Å². The molecule has 0 spiro atoms. The molecule has 0 bridgehead atoms. The number of anilines is 1. The van der Waals surface area contributed by atoms with Crippen LogP contribution in [0.5, 0.6) is 5.75 Å². The average molecular weight is 515 g/mol. The number of esters is 1. The van der Waals surface area contributed by atoms with Crippen LogP contribution in [-0.2, 0) is 26.0 Å². The van der Waals surface area contributed by atoms with Crippen LogP contribution in [0.2, 0.25) is 0 Å². The van der Waals surface area contributed by atoms with Gasteiger partial charge in [-0.05, 0) is 36.2 Å². The number of nitrogens with two attached hydrogens (primary N) is 2. The Morgan fingerprint density at radius 1 is 1.14 bits per heavy atom. The largest absolute Gasteiger partial charge is 0.573 e. The number of sulfone groups is 1. The first kappa shape index (κ1) is 25.9. The zero-order chi connectivity index (χ0) is 26.0. The van der Waals surface area contributed by atoms with Crippen molar-refractivity contribution >= 4 is 21.5 Å². The van der Waals surface area contributed by atoms with E-state index in [1.807, 2.05) is 0 Å². The molecule has 188 valence electrons. The highest BCUT2D eigenvalue weighted by molar-refractivity contribution is 7.91. The topological polar surface area (TPSA) is 174 Å². The number of rotatable bonds is 8. The van der Waals surface area contributed by atoms with Gasteiger partial charge in [0, 0.05) is 6.20 Å². The Kier molecular flexibility index (Phi) is 7.30. The Bertz CT molecular complexity index is 1310. The van der Waals surface area contributed by atoms with Crippen LogP contribution in [0.15, 0.2) is 50.7 Å². The molecule has 0 unspecified atom stereocenters. The lowest BCUT2D eigenvalue weighted by Gasteiger charge is -2.13. The maximum Gasteiger partial charge on any atom is 0.573 e. The molecule has 3 aromatic rings. The summed E-state index contributed by atoms with van der Waals surface area (Å²) >= 11 is 0. The molecular formula is C20H20F3N5O6S. The van der Waals surface area contributed by atoms with Crippen LogP contribution in [0.25, 0.3) is 11.6 Å². The molecule has 0 aliphatic carbocycles. The number of alkyl halides is 3. The van der Waals surface area contributed by atoms with Crippen LogP contribution in [0.3, 0.4) is 0 Å². The van der Waals surface area contributed by atoms with Gasteiger partial charge in [-0.1, -0.05) is 13.8 Å². The Hall–Kier alpha value is -3.72. The van der Waals surface area contributed by atoms with Gasteiger partial charge in [-0.2, -0.15) is 0 Å². The summed E-state index contributed by atoms with van der Waals surface area (Å²) in [6.45, 7) is 3.17. The molecule has 0 radical (unpaired) electrons. The van der Waals surface area contributed by atoms with Gasteiger partial charge in [0.05, 0.1) is 15.5 Å². The third-order valence-corrected chi connectivity index (χ3v) is 6.30. The van der Waals surface area contributed by atoms with Crippen LogP contribution in [0.4, 0.5) is 18.9 Å². The highest BCUT2D eigenvalue weighted by Crippen LogP contribution is 2.29. The standard InChI is InChI=1S/C20H20F3N5O6S/c1-10(2)16(25)19(29)32-9-15-27-28-18(33-15)17-14(24)7-13(8-26-17)35(30,31)12-5-3-11(4-6-12)34-20(21,22)23/h3-8,10,16H,9,24-25H2,1-2H3/t16-/m0/s1. The van der Waals surface area contributed by atoms with Crippen molar-refractivity contribution in [1.82, 2.24) is 15.2 Å². The van der Waals surface area contributed by atoms with Crippen molar-refractivity contribution in [3.05, 3.63) is 42.4 Å². The molecule has 35 heavy (non-hydrogen) atoms. The Morgan fingerprint density at radius 2 is 1.80 bits per heavy atom. The second kappa shape index (κ2) is 9.87. The predicted molar refractivity (Wildman–Crippen MR) is 113 cm³/mol. The number of carbonyl (C=O) groups is 1. The van der Waals surface area contributed by atoms with Crippen LogP contribution in [0.1, 0.15) is 19.7 Å². The summed E-state index contributed by atoms with van der Waals surface area (Å²) < 4.78 is 76.6. The fourth-order valence-electron chi connectivity index (χ4n) is 2.65. The first-order valence-electron chi connectivity index (χ1n) is 9.89. The quantitative estimate of drug-likeness (QED) is 0.422. The summed E-state index contributed by atoms with van der Waals surface area (Å²) in [5.74, 6) is -1.58. The van der Waals surface area contributed by atoms with Gasteiger partial charge in [0.2, 0.25) is 9.84 Å². The van der Waals surface area contributed by atoms with Gasteiger partial charge in [-0.15, -0.1) is 23.4 Å². The molecule has 0 amide bonds. The van der Waals surface area contributed by atoms with E-state index in [0.29, 0.717) is 0 Å². The normalized spacial score (nSPS) is 13.0. The Labute approximate surface area is 197 Å². The smallest absolute Gasteiger partial charge is 0.454 e. The molecule has 0 saturated carbocycles. The summed E-state index contributed by atoms with van der Waals surface area (Å²) in [5, 5.41) is 7.48. The van der Waals surface area contributed by atoms with Crippen molar-refractivity contribution in [2.75, 3.05) is 5.73 Å². The molecule has 3 rings (SSSR count). The van der Waals surface area contributed by atoms with Crippen molar-refractivity contribution in [2.24, 2.45) is 11.7 Å². The SMILES string of the molecule is CC(C)[C@H](N)C(=O)OCc1nnc(-c2ncc(S(=O)(=O)c3ccc(OC(F)(F)F)cc3)cc2N)o1. The number of hydrogen-bond acceptors (Lipinski definition) is 11. The Morgan fingerprint density at radius 3 is 2.37 bits per heavy atom. The summed E-state index contributed by atoms with van der Waals surface area (Å²) in [7, 11) is -4.16. The van der Waals surface area contributed by atoms with Crippen LogP contribution in [-0.4, -0.2) is 42.0 Å². The molecule has 15 heteroatoms. The molecule has 1 aromatic carbocycles. The summed E-state index contributed by atoms with van der Waals surface area (Å²) in [4.78, 5) is 15.2. The van der Waals surface area contributed by atoms with Crippen molar-refractivity contribution in [3.8, 4) is 17.3 Å². The van der Waals surface area contributed by atoms with E-state index in [2.05, 4.69) is 19.9 Å². The lowest BCUT2D eigenvalue weighted by Crippen LogP contribution is -2.36. The highest BCUT2D eigenvalue weighted by atomic mass is 32.2. The molecule has 4 N–H and O–H groups in total. The minimum Gasteiger partial charge on any atom is -0.454 e. The fourth-order valence-corrected chi connectivity index (χ4v) is 3.89. The maximum atomic E-state index is 12.8. The van der Waals surface area contributed by atoms with Crippen LogP contribution < -0.4 is 16.2 Å². The minimum atomic E-state index is -4.91. The van der Waals surface area contributed by atoms with Crippen LogP contribution >= 0.6 is 0 Å². The van der Waals surface area contributed by atoms with E-state index < -0.39 is 34.0 Å². The predicted octanol–water partition coefficient (Wildman–Crippen LogP) is 2.47. The van der Waals surface area contributed by atoms with Crippen molar-refractivity contribution in [3.63, 3.8) is 0 Å². The lowest BCUT2D eigenvalue weighted by atomic mass is 10.1. The van der Waals surface area contributed by atoms with Gasteiger partial charge in [-0.25, -0.2) is 13.4 Å². The first-order chi connectivity index (χ1) is 16.3. The van der Waals surface area contributed by atoms with Gasteiger partial charge in [0.1, 0.15) is 11.8 Å². The summed E-state index contributed by atoms with van der Waals surface area (Å²) in [5.41, 5.74) is 11.5. The van der Waals surface area contributed by atoms with E-state index in [9.17, 15) is 26.4 Å². The Balaban J connectivity index is 1.76. The van der Waals surface area contributed by atoms with E-state index in [0.717, 1.165) is 36.5 Å². The van der Waals surface area contributed by atoms with Crippen molar-refractivity contribution in [1.29, 1.82) is 0 Å². The van der Waals surface area contributed by atoms with Crippen molar-refractivity contribution in [2.45, 2.75) is 42.6 Å². The maximum absolute atomic E-state index is 12.8. The number of nitrogen functional groups attached to an aromatic ring is 1. The fraction of sp³-hybridized carbons (Fsp3) is 0.300. The highest BCUT2D eigenvalue weighted by Gasteiger charge is 2.31. The first-order valence-corrected chi connectivity index (χ1v) is 11.4. The number of halogens is 3. The van der Waals surface area contributed by atoms with Gasteiger partial charge in [0.15, 0.2) is 12.3 Å². The molecule has 2 aromatic heterocycles. The molecule has 11 nitrogen and oxygen atoms in total. The van der Waals surface area contributed by atoms with Crippen molar-refractivity contribution < 1.29 is 40.3 Å². The second-order valence-electron chi connectivity index (χ2n) is 7.51. The number of benzene rings is 1. The number of nitrogens with zero attached hydrogens (tertiary/aromatic N) is 3.